The Kier molecular flexibility index (Phi) is 4.59. The van der Waals surface area contributed by atoms with Gasteiger partial charge in [-0.1, -0.05) is 36.4 Å². The second-order valence-electron chi connectivity index (χ2n) is 3.86. The molecule has 98 valence electrons. The van der Waals surface area contributed by atoms with Gasteiger partial charge in [-0.25, -0.2) is 9.69 Å². The summed E-state index contributed by atoms with van der Waals surface area (Å²) in [6.45, 7) is 14.7. The predicted molar refractivity (Wildman–Crippen MR) is 76.4 cm³/mol. The summed E-state index contributed by atoms with van der Waals surface area (Å²) in [4.78, 5) is 6.76. The van der Waals surface area contributed by atoms with Crippen LogP contribution in [-0.2, 0) is 0 Å². The number of nitrogens with zero attached hydrogens (tertiary/aromatic N) is 2. The molecule has 0 unspecified atom stereocenters. The lowest BCUT2D eigenvalue weighted by molar-refractivity contribution is 0.219. The van der Waals surface area contributed by atoms with Gasteiger partial charge in [-0.05, 0) is 12.1 Å². The Morgan fingerprint density at radius 2 is 1.10 bits per heavy atom. The highest BCUT2D eigenvalue weighted by atomic mass is 16.5. The van der Waals surface area contributed by atoms with Gasteiger partial charge in [0.05, 0.1) is 13.1 Å². The van der Waals surface area contributed by atoms with Crippen molar-refractivity contribution in [3.63, 3.8) is 0 Å². The van der Waals surface area contributed by atoms with E-state index in [0.29, 0.717) is 36.1 Å². The van der Waals surface area contributed by atoms with Gasteiger partial charge >= 0.3 is 0 Å². The molecule has 0 aliphatic carbocycles. The molecule has 2 aromatic rings. The molecule has 2 aromatic carbocycles. The second-order valence-corrected chi connectivity index (χ2v) is 3.86. The average molecular weight is 264 g/mol. The minimum Gasteiger partial charge on any atom is -0.501 e. The fourth-order valence-corrected chi connectivity index (χ4v) is 1.65. The minimum absolute atomic E-state index is 0.318. The molecule has 0 aliphatic rings. The largest absolute Gasteiger partial charge is 0.501 e. The highest BCUT2D eigenvalue weighted by Gasteiger charge is 2.04. The van der Waals surface area contributed by atoms with Gasteiger partial charge in [0.15, 0.2) is 0 Å². The molecule has 0 N–H and O–H groups in total. The van der Waals surface area contributed by atoms with E-state index in [1.165, 1.54) is 0 Å². The van der Waals surface area contributed by atoms with Crippen LogP contribution >= 0.6 is 0 Å². The summed E-state index contributed by atoms with van der Waals surface area (Å²) in [6.07, 6.45) is 0. The number of rotatable bonds is 5. The molecule has 0 aliphatic heterocycles. The van der Waals surface area contributed by atoms with E-state index in [9.17, 15) is 0 Å². The zero-order valence-corrected chi connectivity index (χ0v) is 10.7. The summed E-state index contributed by atoms with van der Waals surface area (Å²) in [7, 11) is 0. The molecule has 0 fully saturated rings. The van der Waals surface area contributed by atoms with E-state index < -0.39 is 0 Å². The van der Waals surface area contributed by atoms with Crippen LogP contribution in [0, 0.1) is 13.1 Å². The number of para-hydroxylation sites is 4. The van der Waals surface area contributed by atoms with Crippen LogP contribution in [0.15, 0.2) is 48.5 Å². The fraction of sp³-hybridized carbons (Fsp3) is 0.125. The minimum atomic E-state index is 0.318. The van der Waals surface area contributed by atoms with Crippen molar-refractivity contribution in [1.82, 2.24) is 0 Å². The molecular weight excluding hydrogens is 252 g/mol. The summed E-state index contributed by atoms with van der Waals surface area (Å²) in [5.41, 5.74) is 0.961. The number of hydrogen-bond donors (Lipinski definition) is 0. The molecule has 0 radical (unpaired) electrons. The Labute approximate surface area is 117 Å². The standard InChI is InChI=1S/C16H12N2O2/c1-17-13-7-3-5-9-15(13)19-11-12-20-16-10-6-4-8-14(16)18-2/h3-10H,11-12H2. The third-order valence-electron chi connectivity index (χ3n) is 2.57. The van der Waals surface area contributed by atoms with E-state index >= 15 is 0 Å². The van der Waals surface area contributed by atoms with Gasteiger partial charge in [0.1, 0.15) is 24.7 Å². The van der Waals surface area contributed by atoms with Crippen molar-refractivity contribution in [3.05, 3.63) is 71.4 Å². The SMILES string of the molecule is [C-]#[N+]c1ccccc1OCCOc1ccccc1[N+]#[C-]. The predicted octanol–water partition coefficient (Wildman–Crippen LogP) is 4.25. The van der Waals surface area contributed by atoms with Crippen molar-refractivity contribution < 1.29 is 9.47 Å². The Morgan fingerprint density at radius 3 is 1.50 bits per heavy atom. The van der Waals surface area contributed by atoms with Gasteiger partial charge in [0, 0.05) is 0 Å². The molecule has 0 aromatic heterocycles. The first kappa shape index (κ1) is 13.5. The maximum Gasteiger partial charge on any atom is 0.228 e. The van der Waals surface area contributed by atoms with Gasteiger partial charge in [-0.15, -0.1) is 0 Å². The maximum absolute atomic E-state index is 7.03. The summed E-state index contributed by atoms with van der Waals surface area (Å²) >= 11 is 0. The van der Waals surface area contributed by atoms with E-state index in [4.69, 9.17) is 22.6 Å². The number of hydrogen-bond acceptors (Lipinski definition) is 2. The monoisotopic (exact) mass is 264 g/mol. The third kappa shape index (κ3) is 3.28. The zero-order chi connectivity index (χ0) is 14.2. The molecule has 2 rings (SSSR count). The van der Waals surface area contributed by atoms with Crippen molar-refractivity contribution in [2.75, 3.05) is 13.2 Å². The zero-order valence-electron chi connectivity index (χ0n) is 10.7. The first-order valence-corrected chi connectivity index (χ1v) is 6.03. The summed E-state index contributed by atoms with van der Waals surface area (Å²) in [5, 5.41) is 0. The van der Waals surface area contributed by atoms with Crippen LogP contribution in [0.4, 0.5) is 11.4 Å². The van der Waals surface area contributed by atoms with E-state index in [-0.39, 0.29) is 0 Å². The van der Waals surface area contributed by atoms with Crippen LogP contribution in [0.2, 0.25) is 0 Å². The molecular formula is C16H12N2O2. The van der Waals surface area contributed by atoms with Crippen LogP contribution in [-0.4, -0.2) is 13.2 Å². The normalized spacial score (nSPS) is 9.30. The van der Waals surface area contributed by atoms with Crippen molar-refractivity contribution in [1.29, 1.82) is 0 Å². The fourth-order valence-electron chi connectivity index (χ4n) is 1.65. The third-order valence-corrected chi connectivity index (χ3v) is 2.57. The first-order chi connectivity index (χ1) is 9.85. The quantitative estimate of drug-likeness (QED) is 0.596. The molecule has 0 amide bonds. The van der Waals surface area contributed by atoms with Crippen LogP contribution < -0.4 is 9.47 Å². The van der Waals surface area contributed by atoms with Crippen molar-refractivity contribution in [2.24, 2.45) is 0 Å². The average Bonchev–Trinajstić information content (AvgIpc) is 2.52. The van der Waals surface area contributed by atoms with Gasteiger partial charge < -0.3 is 9.47 Å². The topological polar surface area (TPSA) is 27.2 Å². The van der Waals surface area contributed by atoms with E-state index in [1.54, 1.807) is 36.4 Å². The van der Waals surface area contributed by atoms with E-state index in [2.05, 4.69) is 9.69 Å². The van der Waals surface area contributed by atoms with Crippen LogP contribution in [0.1, 0.15) is 0 Å². The summed E-state index contributed by atoms with van der Waals surface area (Å²) < 4.78 is 11.0. The van der Waals surface area contributed by atoms with Crippen LogP contribution in [0.25, 0.3) is 9.69 Å². The van der Waals surface area contributed by atoms with E-state index in [0.717, 1.165) is 0 Å². The van der Waals surface area contributed by atoms with Crippen molar-refractivity contribution in [3.8, 4) is 11.5 Å². The molecule has 0 spiro atoms. The Morgan fingerprint density at radius 1 is 0.700 bits per heavy atom. The lowest BCUT2D eigenvalue weighted by Crippen LogP contribution is -2.09. The molecule has 0 heterocycles. The van der Waals surface area contributed by atoms with Gasteiger partial charge in [-0.2, -0.15) is 0 Å². The number of benzene rings is 2. The Bertz CT molecular complexity index is 609. The van der Waals surface area contributed by atoms with Gasteiger partial charge in [0.25, 0.3) is 0 Å². The first-order valence-electron chi connectivity index (χ1n) is 6.03. The molecule has 4 nitrogen and oxygen atoms in total. The summed E-state index contributed by atoms with van der Waals surface area (Å²) in [6, 6.07) is 14.1. The van der Waals surface area contributed by atoms with Crippen LogP contribution in [0.5, 0.6) is 11.5 Å². The summed E-state index contributed by atoms with van der Waals surface area (Å²) in [5.74, 6) is 1.09. The highest BCUT2D eigenvalue weighted by Crippen LogP contribution is 2.28. The highest BCUT2D eigenvalue weighted by molar-refractivity contribution is 5.57. The van der Waals surface area contributed by atoms with Crippen LogP contribution in [0.3, 0.4) is 0 Å². The number of ether oxygens (including phenoxy) is 2. The van der Waals surface area contributed by atoms with Gasteiger partial charge in [-0.3, -0.25) is 0 Å². The second kappa shape index (κ2) is 6.82. The Hall–Kier alpha value is -2.98. The lowest BCUT2D eigenvalue weighted by Gasteiger charge is -2.10. The lowest BCUT2D eigenvalue weighted by atomic mass is 10.3. The maximum atomic E-state index is 7.03. The molecule has 20 heavy (non-hydrogen) atoms. The Balaban J connectivity index is 1.88. The van der Waals surface area contributed by atoms with E-state index in [1.807, 2.05) is 12.1 Å². The van der Waals surface area contributed by atoms with Crippen molar-refractivity contribution >= 4 is 11.4 Å². The smallest absolute Gasteiger partial charge is 0.228 e. The molecule has 0 saturated heterocycles. The molecule has 4 heteroatoms. The molecule has 0 bridgehead atoms. The van der Waals surface area contributed by atoms with Gasteiger partial charge in [0.2, 0.25) is 11.4 Å². The van der Waals surface area contributed by atoms with Crippen molar-refractivity contribution in [2.45, 2.75) is 0 Å². The molecule has 0 saturated carbocycles. The molecule has 0 atom stereocenters.